The number of carbonyl (C=O) groups is 1. The van der Waals surface area contributed by atoms with Gasteiger partial charge in [-0.15, -0.1) is 0 Å². The molecule has 1 heterocycles. The highest BCUT2D eigenvalue weighted by atomic mass is 19.1. The summed E-state index contributed by atoms with van der Waals surface area (Å²) in [4.78, 5) is 22.6. The maximum Gasteiger partial charge on any atom is 0.272 e. The number of aryl methyl sites for hydroxylation is 1. The average Bonchev–Trinajstić information content (AvgIpc) is 2.58. The SMILES string of the molecule is CCCCN(C)C(=O)c1cc(NCc2ccc(F)cc2)nc(C)n1. The van der Waals surface area contributed by atoms with Crippen LogP contribution in [0.15, 0.2) is 30.3 Å². The van der Waals surface area contributed by atoms with Crippen LogP contribution < -0.4 is 5.32 Å². The normalized spacial score (nSPS) is 10.5. The van der Waals surface area contributed by atoms with Gasteiger partial charge in [0.05, 0.1) is 0 Å². The molecule has 0 unspecified atom stereocenters. The number of aromatic nitrogens is 2. The largest absolute Gasteiger partial charge is 0.366 e. The maximum absolute atomic E-state index is 12.9. The van der Waals surface area contributed by atoms with E-state index in [9.17, 15) is 9.18 Å². The number of carbonyl (C=O) groups excluding carboxylic acids is 1. The molecule has 0 bridgehead atoms. The zero-order chi connectivity index (χ0) is 17.5. The summed E-state index contributed by atoms with van der Waals surface area (Å²) in [5, 5.41) is 3.15. The van der Waals surface area contributed by atoms with E-state index >= 15 is 0 Å². The number of amides is 1. The van der Waals surface area contributed by atoms with Gasteiger partial charge in [0.15, 0.2) is 0 Å². The van der Waals surface area contributed by atoms with Crippen LogP contribution in [0.3, 0.4) is 0 Å². The van der Waals surface area contributed by atoms with E-state index in [1.54, 1.807) is 37.1 Å². The molecule has 2 rings (SSSR count). The van der Waals surface area contributed by atoms with Gasteiger partial charge in [-0.05, 0) is 31.0 Å². The van der Waals surface area contributed by atoms with Crippen molar-refractivity contribution in [1.29, 1.82) is 0 Å². The summed E-state index contributed by atoms with van der Waals surface area (Å²) in [6.45, 7) is 5.04. The van der Waals surface area contributed by atoms with Crippen molar-refractivity contribution < 1.29 is 9.18 Å². The highest BCUT2D eigenvalue weighted by molar-refractivity contribution is 5.92. The molecule has 0 saturated heterocycles. The van der Waals surface area contributed by atoms with Gasteiger partial charge in [0, 0.05) is 26.2 Å². The van der Waals surface area contributed by atoms with Gasteiger partial charge in [0.1, 0.15) is 23.2 Å². The smallest absolute Gasteiger partial charge is 0.272 e. The molecule has 0 fully saturated rings. The Labute approximate surface area is 141 Å². The number of nitrogens with zero attached hydrogens (tertiary/aromatic N) is 3. The Morgan fingerprint density at radius 2 is 1.96 bits per heavy atom. The maximum atomic E-state index is 12.9. The molecule has 2 aromatic rings. The molecule has 0 radical (unpaired) electrons. The molecule has 1 amide bonds. The molecule has 1 aromatic heterocycles. The van der Waals surface area contributed by atoms with Crippen LogP contribution in [-0.4, -0.2) is 34.4 Å². The van der Waals surface area contributed by atoms with Crippen molar-refractivity contribution in [3.8, 4) is 0 Å². The lowest BCUT2D eigenvalue weighted by atomic mass is 10.2. The number of nitrogens with one attached hydrogen (secondary N) is 1. The van der Waals surface area contributed by atoms with Gasteiger partial charge in [-0.3, -0.25) is 4.79 Å². The summed E-state index contributed by atoms with van der Waals surface area (Å²) < 4.78 is 12.9. The van der Waals surface area contributed by atoms with Gasteiger partial charge in [0.25, 0.3) is 5.91 Å². The molecule has 0 saturated carbocycles. The Morgan fingerprint density at radius 1 is 1.25 bits per heavy atom. The highest BCUT2D eigenvalue weighted by Gasteiger charge is 2.14. The van der Waals surface area contributed by atoms with E-state index in [0.717, 1.165) is 18.4 Å². The third kappa shape index (κ3) is 5.01. The fourth-order valence-electron chi connectivity index (χ4n) is 2.26. The average molecular weight is 330 g/mol. The molecule has 0 aliphatic heterocycles. The minimum absolute atomic E-state index is 0.112. The third-order valence-corrected chi connectivity index (χ3v) is 3.64. The van der Waals surface area contributed by atoms with Crippen LogP contribution in [-0.2, 0) is 6.54 Å². The lowest BCUT2D eigenvalue weighted by molar-refractivity contribution is 0.0787. The van der Waals surface area contributed by atoms with Crippen molar-refractivity contribution in [2.45, 2.75) is 33.2 Å². The Bertz CT molecular complexity index is 688. The first-order valence-corrected chi connectivity index (χ1v) is 8.09. The number of halogens is 1. The van der Waals surface area contributed by atoms with Crippen LogP contribution in [0, 0.1) is 12.7 Å². The first-order valence-electron chi connectivity index (χ1n) is 8.09. The molecule has 0 spiro atoms. The summed E-state index contributed by atoms with van der Waals surface area (Å²) in [5.41, 5.74) is 1.31. The molecule has 24 heavy (non-hydrogen) atoms. The van der Waals surface area contributed by atoms with E-state index in [1.807, 2.05) is 0 Å². The third-order valence-electron chi connectivity index (χ3n) is 3.64. The van der Waals surface area contributed by atoms with Crippen molar-refractivity contribution in [1.82, 2.24) is 14.9 Å². The number of rotatable bonds is 7. The van der Waals surface area contributed by atoms with Gasteiger partial charge in [-0.25, -0.2) is 14.4 Å². The second kappa shape index (κ2) is 8.38. The van der Waals surface area contributed by atoms with Crippen LogP contribution >= 0.6 is 0 Å². The quantitative estimate of drug-likeness (QED) is 0.845. The van der Waals surface area contributed by atoms with Crippen LogP contribution in [0.1, 0.15) is 41.6 Å². The Morgan fingerprint density at radius 3 is 2.62 bits per heavy atom. The standard InChI is InChI=1S/C18H23FN4O/c1-4-5-10-23(3)18(24)16-11-17(22-13(2)21-16)20-12-14-6-8-15(19)9-7-14/h6-9,11H,4-5,10,12H2,1-3H3,(H,20,21,22). The van der Waals surface area contributed by atoms with Crippen LogP contribution in [0.4, 0.5) is 10.2 Å². The Kier molecular flexibility index (Phi) is 6.23. The predicted molar refractivity (Wildman–Crippen MR) is 92.4 cm³/mol. The molecule has 1 aromatic carbocycles. The monoisotopic (exact) mass is 330 g/mol. The fraction of sp³-hybridized carbons (Fsp3) is 0.389. The Balaban J connectivity index is 2.07. The first kappa shape index (κ1) is 17.8. The molecule has 1 N–H and O–H groups in total. The molecule has 5 nitrogen and oxygen atoms in total. The molecular formula is C18H23FN4O. The second-order valence-corrected chi connectivity index (χ2v) is 5.75. The summed E-state index contributed by atoms with van der Waals surface area (Å²) in [6.07, 6.45) is 1.99. The minimum Gasteiger partial charge on any atom is -0.366 e. The zero-order valence-corrected chi connectivity index (χ0v) is 14.3. The molecule has 6 heteroatoms. The summed E-state index contributed by atoms with van der Waals surface area (Å²) in [5.74, 6) is 0.740. The number of unbranched alkanes of at least 4 members (excludes halogenated alkanes) is 1. The van der Waals surface area contributed by atoms with E-state index in [1.165, 1.54) is 12.1 Å². The summed E-state index contributed by atoms with van der Waals surface area (Å²) in [6, 6.07) is 7.91. The van der Waals surface area contributed by atoms with Crippen molar-refractivity contribution in [3.05, 3.63) is 53.2 Å². The summed E-state index contributed by atoms with van der Waals surface area (Å²) >= 11 is 0. The van der Waals surface area contributed by atoms with Crippen molar-refractivity contribution in [3.63, 3.8) is 0 Å². The van der Waals surface area contributed by atoms with Crippen molar-refractivity contribution >= 4 is 11.7 Å². The second-order valence-electron chi connectivity index (χ2n) is 5.75. The molecular weight excluding hydrogens is 307 g/mol. The zero-order valence-electron chi connectivity index (χ0n) is 14.3. The number of hydrogen-bond donors (Lipinski definition) is 1. The van der Waals surface area contributed by atoms with Crippen LogP contribution in [0.25, 0.3) is 0 Å². The van der Waals surface area contributed by atoms with E-state index in [2.05, 4.69) is 22.2 Å². The minimum atomic E-state index is -0.264. The first-order chi connectivity index (χ1) is 11.5. The molecule has 0 atom stereocenters. The van der Waals surface area contributed by atoms with Gasteiger partial charge in [0.2, 0.25) is 0 Å². The van der Waals surface area contributed by atoms with Gasteiger partial charge < -0.3 is 10.2 Å². The fourth-order valence-corrected chi connectivity index (χ4v) is 2.26. The predicted octanol–water partition coefficient (Wildman–Crippen LogP) is 3.41. The Hall–Kier alpha value is -2.50. The molecule has 0 aliphatic carbocycles. The topological polar surface area (TPSA) is 58.1 Å². The van der Waals surface area contributed by atoms with Gasteiger partial charge in [-0.1, -0.05) is 25.5 Å². The number of benzene rings is 1. The van der Waals surface area contributed by atoms with Crippen molar-refractivity contribution in [2.75, 3.05) is 18.9 Å². The lowest BCUT2D eigenvalue weighted by Gasteiger charge is -2.17. The van der Waals surface area contributed by atoms with E-state index in [-0.39, 0.29) is 11.7 Å². The lowest BCUT2D eigenvalue weighted by Crippen LogP contribution is -2.28. The number of anilines is 1. The highest BCUT2D eigenvalue weighted by Crippen LogP contribution is 2.11. The molecule has 0 aliphatic rings. The summed E-state index contributed by atoms with van der Waals surface area (Å²) in [7, 11) is 1.78. The van der Waals surface area contributed by atoms with E-state index in [4.69, 9.17) is 0 Å². The van der Waals surface area contributed by atoms with E-state index < -0.39 is 0 Å². The van der Waals surface area contributed by atoms with Crippen LogP contribution in [0.2, 0.25) is 0 Å². The van der Waals surface area contributed by atoms with Gasteiger partial charge in [-0.2, -0.15) is 0 Å². The molecule has 128 valence electrons. The van der Waals surface area contributed by atoms with Crippen molar-refractivity contribution in [2.24, 2.45) is 0 Å². The number of hydrogen-bond acceptors (Lipinski definition) is 4. The van der Waals surface area contributed by atoms with E-state index in [0.29, 0.717) is 30.4 Å². The van der Waals surface area contributed by atoms with Gasteiger partial charge >= 0.3 is 0 Å². The van der Waals surface area contributed by atoms with Crippen LogP contribution in [0.5, 0.6) is 0 Å².